The molecule has 2 atom stereocenters. The summed E-state index contributed by atoms with van der Waals surface area (Å²) in [6.07, 6.45) is 0. The molecular weight excluding hydrogens is 332 g/mol. The van der Waals surface area contributed by atoms with Crippen molar-refractivity contribution < 1.29 is 33.4 Å². The molecule has 1 aromatic carbocycles. The molecule has 9 heteroatoms. The van der Waals surface area contributed by atoms with E-state index in [0.717, 1.165) is 12.0 Å². The van der Waals surface area contributed by atoms with Crippen LogP contribution in [0.1, 0.15) is 20.7 Å². The van der Waals surface area contributed by atoms with E-state index in [2.05, 4.69) is 9.47 Å². The van der Waals surface area contributed by atoms with Gasteiger partial charge in [-0.2, -0.15) is 0 Å². The van der Waals surface area contributed by atoms with Crippen LogP contribution in [0.4, 0.5) is 0 Å². The zero-order valence-corrected chi connectivity index (χ0v) is 13.8. The fraction of sp³-hybridized carbons (Fsp3) is 0.375. The average Bonchev–Trinajstić information content (AvgIpc) is 2.88. The van der Waals surface area contributed by atoms with Crippen molar-refractivity contribution in [2.24, 2.45) is 5.73 Å². The first-order valence-electron chi connectivity index (χ1n) is 7.38. The van der Waals surface area contributed by atoms with Gasteiger partial charge < -0.3 is 19.9 Å². The van der Waals surface area contributed by atoms with Crippen molar-refractivity contribution in [3.63, 3.8) is 0 Å². The predicted molar refractivity (Wildman–Crippen MR) is 83.6 cm³/mol. The third-order valence-electron chi connectivity index (χ3n) is 3.69. The van der Waals surface area contributed by atoms with Gasteiger partial charge in [-0.05, 0) is 12.1 Å². The second-order valence-corrected chi connectivity index (χ2v) is 5.23. The summed E-state index contributed by atoms with van der Waals surface area (Å²) in [6, 6.07) is 3.89. The minimum Gasteiger partial charge on any atom is -0.468 e. The Kier molecular flexibility index (Phi) is 5.84. The van der Waals surface area contributed by atoms with Crippen molar-refractivity contribution in [1.82, 2.24) is 4.90 Å². The van der Waals surface area contributed by atoms with Gasteiger partial charge in [-0.25, -0.2) is 4.79 Å². The van der Waals surface area contributed by atoms with E-state index >= 15 is 0 Å². The van der Waals surface area contributed by atoms with E-state index in [1.165, 1.54) is 19.2 Å². The fourth-order valence-electron chi connectivity index (χ4n) is 2.40. The number of esters is 2. The third kappa shape index (κ3) is 3.67. The summed E-state index contributed by atoms with van der Waals surface area (Å²) in [7, 11) is 2.31. The van der Waals surface area contributed by atoms with Gasteiger partial charge in [-0.15, -0.1) is 0 Å². The van der Waals surface area contributed by atoms with Crippen LogP contribution < -0.4 is 5.73 Å². The smallest absolute Gasteiger partial charge is 0.331 e. The number of nitrogens with two attached hydrogens (primary N) is 1. The molecule has 0 unspecified atom stereocenters. The van der Waals surface area contributed by atoms with Crippen LogP contribution in [-0.4, -0.2) is 68.2 Å². The van der Waals surface area contributed by atoms with Gasteiger partial charge in [0.15, 0.2) is 6.04 Å². The van der Waals surface area contributed by atoms with Crippen LogP contribution >= 0.6 is 0 Å². The molecule has 0 aromatic heterocycles. The van der Waals surface area contributed by atoms with E-state index in [1.54, 1.807) is 12.1 Å². The number of benzene rings is 1. The van der Waals surface area contributed by atoms with Crippen molar-refractivity contribution >= 4 is 23.8 Å². The second kappa shape index (κ2) is 7.86. The minimum absolute atomic E-state index is 0.202. The minimum atomic E-state index is -1.29. The monoisotopic (exact) mass is 350 g/mol. The number of methoxy groups -OCH3 is 2. The van der Waals surface area contributed by atoms with Crippen molar-refractivity contribution in [1.29, 1.82) is 0 Å². The number of amides is 2. The van der Waals surface area contributed by atoms with Crippen LogP contribution in [-0.2, 0) is 23.8 Å². The molecule has 1 aliphatic rings. The maximum Gasteiger partial charge on any atom is 0.331 e. The molecule has 0 saturated heterocycles. The maximum absolute atomic E-state index is 12.5. The molecule has 2 amide bonds. The summed E-state index contributed by atoms with van der Waals surface area (Å²) in [5.41, 5.74) is 5.94. The van der Waals surface area contributed by atoms with Crippen molar-refractivity contribution in [2.45, 2.75) is 12.1 Å². The predicted octanol–water partition coefficient (Wildman–Crippen LogP) is -0.659. The number of imide groups is 1. The molecule has 1 heterocycles. The number of rotatable bonds is 7. The van der Waals surface area contributed by atoms with Crippen LogP contribution in [0.25, 0.3) is 0 Å². The maximum atomic E-state index is 12.5. The zero-order valence-electron chi connectivity index (χ0n) is 13.8. The van der Waals surface area contributed by atoms with Gasteiger partial charge in [0.05, 0.1) is 38.6 Å². The van der Waals surface area contributed by atoms with Gasteiger partial charge in [0, 0.05) is 0 Å². The highest BCUT2D eigenvalue weighted by atomic mass is 16.5. The van der Waals surface area contributed by atoms with E-state index in [4.69, 9.17) is 10.5 Å². The molecule has 0 spiro atoms. The Hall–Kier alpha value is -2.78. The summed E-state index contributed by atoms with van der Waals surface area (Å²) >= 11 is 0. The Morgan fingerprint density at radius 1 is 1.00 bits per heavy atom. The summed E-state index contributed by atoms with van der Waals surface area (Å²) in [5.74, 6) is -2.73. The summed E-state index contributed by atoms with van der Waals surface area (Å²) in [6.45, 7) is -0.605. The highest BCUT2D eigenvalue weighted by Crippen LogP contribution is 2.25. The normalized spacial score (nSPS) is 15.6. The molecule has 1 aliphatic heterocycles. The van der Waals surface area contributed by atoms with Gasteiger partial charge in [0.2, 0.25) is 0 Å². The molecule has 0 fully saturated rings. The van der Waals surface area contributed by atoms with Crippen molar-refractivity contribution in [3.8, 4) is 0 Å². The van der Waals surface area contributed by atoms with Crippen LogP contribution in [0.3, 0.4) is 0 Å². The van der Waals surface area contributed by atoms with Crippen LogP contribution in [0, 0.1) is 0 Å². The topological polar surface area (TPSA) is 125 Å². The molecular formula is C16H18N2O7. The van der Waals surface area contributed by atoms with E-state index in [1.807, 2.05) is 0 Å². The third-order valence-corrected chi connectivity index (χ3v) is 3.69. The second-order valence-electron chi connectivity index (χ2n) is 5.23. The summed E-state index contributed by atoms with van der Waals surface area (Å²) in [4.78, 5) is 49.0. The number of fused-ring (bicyclic) bond motifs is 1. The van der Waals surface area contributed by atoms with Crippen LogP contribution in [0.5, 0.6) is 0 Å². The molecule has 9 nitrogen and oxygen atoms in total. The quantitative estimate of drug-likeness (QED) is 0.507. The lowest BCUT2D eigenvalue weighted by molar-refractivity contribution is -0.148. The Balaban J connectivity index is 2.14. The molecule has 1 aromatic rings. The first-order valence-corrected chi connectivity index (χ1v) is 7.38. The van der Waals surface area contributed by atoms with E-state index in [9.17, 15) is 19.2 Å². The Morgan fingerprint density at radius 3 is 2.00 bits per heavy atom. The van der Waals surface area contributed by atoms with Gasteiger partial charge in [-0.3, -0.25) is 19.3 Å². The van der Waals surface area contributed by atoms with E-state index in [0.29, 0.717) is 0 Å². The summed E-state index contributed by atoms with van der Waals surface area (Å²) < 4.78 is 14.4. The van der Waals surface area contributed by atoms with Gasteiger partial charge in [0.25, 0.3) is 11.8 Å². The van der Waals surface area contributed by atoms with Gasteiger partial charge in [0.1, 0.15) is 6.04 Å². The van der Waals surface area contributed by atoms with E-state index in [-0.39, 0.29) is 24.3 Å². The van der Waals surface area contributed by atoms with Crippen LogP contribution in [0.2, 0.25) is 0 Å². The molecule has 134 valence electrons. The molecule has 0 bridgehead atoms. The van der Waals surface area contributed by atoms with Crippen LogP contribution in [0.15, 0.2) is 24.3 Å². The number of nitrogens with zero attached hydrogens (tertiary/aromatic N) is 1. The lowest BCUT2D eigenvalue weighted by atomic mass is 10.1. The van der Waals surface area contributed by atoms with Crippen molar-refractivity contribution in [2.75, 3.05) is 27.4 Å². The first-order chi connectivity index (χ1) is 11.9. The number of hydrogen-bond donors (Lipinski definition) is 1. The molecule has 0 saturated carbocycles. The SMILES string of the molecule is COC(=O)[C@@H](COC[C@H](N)C(=O)OC)N1C(=O)c2ccccc2C1=O. The Labute approximate surface area is 143 Å². The van der Waals surface area contributed by atoms with Crippen molar-refractivity contribution in [3.05, 3.63) is 35.4 Å². The highest BCUT2D eigenvalue weighted by molar-refractivity contribution is 6.22. The Bertz CT molecular complexity index is 668. The lowest BCUT2D eigenvalue weighted by Crippen LogP contribution is -2.49. The lowest BCUT2D eigenvalue weighted by Gasteiger charge is -2.24. The molecule has 0 aliphatic carbocycles. The number of carbonyl (C=O) groups is 4. The molecule has 25 heavy (non-hydrogen) atoms. The average molecular weight is 350 g/mol. The fourth-order valence-corrected chi connectivity index (χ4v) is 2.40. The molecule has 0 radical (unpaired) electrons. The highest BCUT2D eigenvalue weighted by Gasteiger charge is 2.43. The number of ether oxygens (including phenoxy) is 3. The molecule has 2 rings (SSSR count). The number of carbonyl (C=O) groups excluding carboxylic acids is 4. The van der Waals surface area contributed by atoms with Gasteiger partial charge in [-0.1, -0.05) is 12.1 Å². The first kappa shape index (κ1) is 18.6. The van der Waals surface area contributed by atoms with Gasteiger partial charge >= 0.3 is 11.9 Å². The Morgan fingerprint density at radius 2 is 1.52 bits per heavy atom. The summed E-state index contributed by atoms with van der Waals surface area (Å²) in [5, 5.41) is 0. The van der Waals surface area contributed by atoms with E-state index < -0.39 is 35.8 Å². The number of hydrogen-bond acceptors (Lipinski definition) is 8. The molecule has 2 N–H and O–H groups in total. The largest absolute Gasteiger partial charge is 0.468 e. The standard InChI is InChI=1S/C16H18N2O7/c1-23-15(21)11(17)7-25-8-12(16(22)24-2)18-13(19)9-5-3-4-6-10(9)14(18)20/h3-6,11-12H,7-8,17H2,1-2H3/t11-,12+/m0/s1. The zero-order chi connectivity index (χ0) is 18.6.